The number of anilines is 2. The average Bonchev–Trinajstić information content (AvgIpc) is 2.80. The van der Waals surface area contributed by atoms with Gasteiger partial charge in [0.1, 0.15) is 11.6 Å². The number of rotatable bonds is 8. The van der Waals surface area contributed by atoms with Gasteiger partial charge < -0.3 is 20.3 Å². The molecule has 3 rings (SSSR count). The Kier molecular flexibility index (Phi) is 7.59. The van der Waals surface area contributed by atoms with E-state index < -0.39 is 0 Å². The number of carbonyl (C=O) groups is 2. The summed E-state index contributed by atoms with van der Waals surface area (Å²) >= 11 is 0. The molecule has 3 aromatic rings. The Morgan fingerprint density at radius 3 is 2.32 bits per heavy atom. The molecule has 7 heteroatoms. The Labute approximate surface area is 180 Å². The number of carbonyl (C=O) groups excluding carboxylic acids is 2. The zero-order valence-electron chi connectivity index (χ0n) is 17.2. The van der Waals surface area contributed by atoms with Gasteiger partial charge in [-0.05, 0) is 55.0 Å². The van der Waals surface area contributed by atoms with Gasteiger partial charge >= 0.3 is 6.03 Å². The van der Waals surface area contributed by atoms with Crippen LogP contribution in [-0.2, 0) is 0 Å². The van der Waals surface area contributed by atoms with Crippen molar-refractivity contribution < 1.29 is 18.7 Å². The molecule has 0 atom stereocenters. The first-order valence-corrected chi connectivity index (χ1v) is 9.89. The molecule has 0 aliphatic heterocycles. The number of nitrogens with one attached hydrogen (secondary N) is 2. The van der Waals surface area contributed by atoms with Gasteiger partial charge in [0.2, 0.25) is 0 Å². The molecule has 0 aromatic heterocycles. The van der Waals surface area contributed by atoms with Gasteiger partial charge in [-0.1, -0.05) is 30.3 Å². The highest BCUT2D eigenvalue weighted by molar-refractivity contribution is 6.06. The maximum absolute atomic E-state index is 13.3. The molecule has 0 unspecified atom stereocenters. The summed E-state index contributed by atoms with van der Waals surface area (Å²) in [6, 6.07) is 21.4. The second-order valence-corrected chi connectivity index (χ2v) is 6.73. The quantitative estimate of drug-likeness (QED) is 0.518. The van der Waals surface area contributed by atoms with Gasteiger partial charge in [-0.25, -0.2) is 9.18 Å². The first kappa shape index (κ1) is 21.8. The molecule has 0 aliphatic rings. The number of urea groups is 1. The lowest BCUT2D eigenvalue weighted by atomic mass is 10.1. The van der Waals surface area contributed by atoms with Gasteiger partial charge in [0, 0.05) is 24.3 Å². The SMILES string of the molecule is COc1ccccc1NC(=O)NCCCN(C(=O)c1ccccc1)c1ccc(F)cc1. The number of amides is 3. The van der Waals surface area contributed by atoms with Crippen molar-refractivity contribution in [3.05, 3.63) is 90.2 Å². The third-order valence-electron chi connectivity index (χ3n) is 4.60. The Morgan fingerprint density at radius 1 is 0.935 bits per heavy atom. The van der Waals surface area contributed by atoms with E-state index in [0.717, 1.165) is 0 Å². The molecule has 0 fully saturated rings. The van der Waals surface area contributed by atoms with Crippen LogP contribution in [0.3, 0.4) is 0 Å². The smallest absolute Gasteiger partial charge is 0.319 e. The Balaban J connectivity index is 1.59. The van der Waals surface area contributed by atoms with Crippen molar-refractivity contribution in [2.24, 2.45) is 0 Å². The average molecular weight is 421 g/mol. The molecule has 2 N–H and O–H groups in total. The van der Waals surface area contributed by atoms with Crippen LogP contribution >= 0.6 is 0 Å². The van der Waals surface area contributed by atoms with Crippen LogP contribution in [0.5, 0.6) is 5.75 Å². The standard InChI is InChI=1S/C24H24FN3O3/c1-31-22-11-6-5-10-21(22)27-24(30)26-16-7-17-28(20-14-12-19(25)13-15-20)23(29)18-8-3-2-4-9-18/h2-6,8-15H,7,16-17H2,1H3,(H2,26,27,30). The second kappa shape index (κ2) is 10.8. The summed E-state index contributed by atoms with van der Waals surface area (Å²) in [6.07, 6.45) is 0.509. The lowest BCUT2D eigenvalue weighted by Gasteiger charge is -2.23. The fourth-order valence-electron chi connectivity index (χ4n) is 3.06. The van der Waals surface area contributed by atoms with Crippen molar-refractivity contribution in [1.29, 1.82) is 0 Å². The molecule has 0 saturated heterocycles. The third-order valence-corrected chi connectivity index (χ3v) is 4.60. The topological polar surface area (TPSA) is 70.7 Å². The van der Waals surface area contributed by atoms with Gasteiger partial charge in [-0.15, -0.1) is 0 Å². The van der Waals surface area contributed by atoms with Crippen LogP contribution in [0.25, 0.3) is 0 Å². The number of benzene rings is 3. The molecule has 0 heterocycles. The first-order valence-electron chi connectivity index (χ1n) is 9.89. The highest BCUT2D eigenvalue weighted by Gasteiger charge is 2.17. The summed E-state index contributed by atoms with van der Waals surface area (Å²) in [5.74, 6) is 0.00446. The van der Waals surface area contributed by atoms with Crippen LogP contribution in [0.15, 0.2) is 78.9 Å². The number of methoxy groups -OCH3 is 1. The van der Waals surface area contributed by atoms with Crippen molar-refractivity contribution >= 4 is 23.3 Å². The molecule has 31 heavy (non-hydrogen) atoms. The molecule has 0 radical (unpaired) electrons. The summed E-state index contributed by atoms with van der Waals surface area (Å²) in [6.45, 7) is 0.703. The lowest BCUT2D eigenvalue weighted by Crippen LogP contribution is -2.35. The van der Waals surface area contributed by atoms with E-state index >= 15 is 0 Å². The van der Waals surface area contributed by atoms with Gasteiger partial charge in [0.25, 0.3) is 5.91 Å². The summed E-state index contributed by atoms with van der Waals surface area (Å²) in [5, 5.41) is 5.51. The second-order valence-electron chi connectivity index (χ2n) is 6.73. The molecule has 0 aliphatic carbocycles. The summed E-state index contributed by atoms with van der Waals surface area (Å²) in [4.78, 5) is 26.8. The predicted molar refractivity (Wildman–Crippen MR) is 119 cm³/mol. The van der Waals surface area contributed by atoms with E-state index in [1.54, 1.807) is 59.5 Å². The highest BCUT2D eigenvalue weighted by Crippen LogP contribution is 2.22. The molecule has 3 aromatic carbocycles. The summed E-state index contributed by atoms with van der Waals surface area (Å²) in [5.41, 5.74) is 1.69. The zero-order chi connectivity index (χ0) is 22.1. The predicted octanol–water partition coefficient (Wildman–Crippen LogP) is 4.69. The number of para-hydroxylation sites is 2. The van der Waals surface area contributed by atoms with Crippen LogP contribution in [0.1, 0.15) is 16.8 Å². The van der Waals surface area contributed by atoms with Gasteiger partial charge in [-0.2, -0.15) is 0 Å². The number of halogens is 1. The van der Waals surface area contributed by atoms with E-state index in [1.165, 1.54) is 19.2 Å². The minimum absolute atomic E-state index is 0.189. The maximum Gasteiger partial charge on any atom is 0.319 e. The minimum atomic E-state index is -0.370. The molecule has 0 bridgehead atoms. The van der Waals surface area contributed by atoms with Crippen LogP contribution in [0.4, 0.5) is 20.6 Å². The minimum Gasteiger partial charge on any atom is -0.495 e. The van der Waals surface area contributed by atoms with Crippen LogP contribution < -0.4 is 20.3 Å². The number of ether oxygens (including phenoxy) is 1. The molecular formula is C24H24FN3O3. The Bertz CT molecular complexity index is 1010. The number of hydrogen-bond donors (Lipinski definition) is 2. The van der Waals surface area contributed by atoms with Crippen LogP contribution in [0.2, 0.25) is 0 Å². The van der Waals surface area contributed by atoms with Gasteiger partial charge in [0.05, 0.1) is 12.8 Å². The normalized spacial score (nSPS) is 10.3. The molecule has 0 saturated carbocycles. The number of nitrogens with zero attached hydrogens (tertiary/aromatic N) is 1. The van der Waals surface area contributed by atoms with Crippen molar-refractivity contribution in [2.45, 2.75) is 6.42 Å². The molecular weight excluding hydrogens is 397 g/mol. The molecule has 160 valence electrons. The van der Waals surface area contributed by atoms with Crippen molar-refractivity contribution in [2.75, 3.05) is 30.4 Å². The first-order chi connectivity index (χ1) is 15.1. The van der Waals surface area contributed by atoms with E-state index in [4.69, 9.17) is 4.74 Å². The van der Waals surface area contributed by atoms with Gasteiger partial charge in [-0.3, -0.25) is 4.79 Å². The lowest BCUT2D eigenvalue weighted by molar-refractivity contribution is 0.0986. The van der Waals surface area contributed by atoms with Crippen molar-refractivity contribution in [3.8, 4) is 5.75 Å². The van der Waals surface area contributed by atoms with E-state index in [0.29, 0.717) is 42.2 Å². The fourth-order valence-corrected chi connectivity index (χ4v) is 3.06. The third kappa shape index (κ3) is 6.05. The van der Waals surface area contributed by atoms with E-state index in [-0.39, 0.29) is 17.8 Å². The largest absolute Gasteiger partial charge is 0.495 e. The van der Waals surface area contributed by atoms with Crippen molar-refractivity contribution in [3.63, 3.8) is 0 Å². The monoisotopic (exact) mass is 421 g/mol. The van der Waals surface area contributed by atoms with Crippen LogP contribution in [0, 0.1) is 5.82 Å². The molecule has 0 spiro atoms. The van der Waals surface area contributed by atoms with E-state index in [9.17, 15) is 14.0 Å². The summed E-state index contributed by atoms with van der Waals surface area (Å²) < 4.78 is 18.6. The maximum atomic E-state index is 13.3. The van der Waals surface area contributed by atoms with Crippen LogP contribution in [-0.4, -0.2) is 32.1 Å². The number of hydrogen-bond acceptors (Lipinski definition) is 3. The molecule has 6 nitrogen and oxygen atoms in total. The molecule has 3 amide bonds. The van der Waals surface area contributed by atoms with E-state index in [2.05, 4.69) is 10.6 Å². The van der Waals surface area contributed by atoms with E-state index in [1.807, 2.05) is 12.1 Å². The Hall–Kier alpha value is -3.87. The zero-order valence-corrected chi connectivity index (χ0v) is 17.2. The van der Waals surface area contributed by atoms with Gasteiger partial charge in [0.15, 0.2) is 0 Å². The van der Waals surface area contributed by atoms with Crippen molar-refractivity contribution in [1.82, 2.24) is 5.32 Å². The fraction of sp³-hybridized carbons (Fsp3) is 0.167. The Morgan fingerprint density at radius 2 is 1.61 bits per heavy atom. The summed E-state index contributed by atoms with van der Waals surface area (Å²) in [7, 11) is 1.53. The highest BCUT2D eigenvalue weighted by atomic mass is 19.1.